The van der Waals surface area contributed by atoms with Crippen LogP contribution in [0.1, 0.15) is 25.8 Å². The highest BCUT2D eigenvalue weighted by atomic mass is 32.2. The Morgan fingerprint density at radius 2 is 1.91 bits per heavy atom. The second kappa shape index (κ2) is 7.15. The van der Waals surface area contributed by atoms with E-state index in [4.69, 9.17) is 0 Å². The standard InChI is InChI=1S/C16H23NO4S2/c1-14(2)12-17(16-9-10-22(18,19)13-16)23(20,21)11-8-15-6-4-3-5-7-15/h3-8,11,14,16H,9-10,12-13H2,1-2H3/b11-8+/t16-/m0/s1. The van der Waals surface area contributed by atoms with Gasteiger partial charge in [-0.05, 0) is 24.0 Å². The molecular weight excluding hydrogens is 334 g/mol. The molecule has 1 aliphatic rings. The first-order chi connectivity index (χ1) is 10.7. The molecule has 23 heavy (non-hydrogen) atoms. The van der Waals surface area contributed by atoms with Gasteiger partial charge in [0.05, 0.1) is 11.5 Å². The first-order valence-corrected chi connectivity index (χ1v) is 11.0. The Morgan fingerprint density at radius 1 is 1.26 bits per heavy atom. The van der Waals surface area contributed by atoms with Gasteiger partial charge in [-0.15, -0.1) is 0 Å². The average Bonchev–Trinajstić information content (AvgIpc) is 2.83. The Morgan fingerprint density at radius 3 is 2.43 bits per heavy atom. The smallest absolute Gasteiger partial charge is 0.229 e. The summed E-state index contributed by atoms with van der Waals surface area (Å²) >= 11 is 0. The van der Waals surface area contributed by atoms with Crippen molar-refractivity contribution >= 4 is 25.9 Å². The third kappa shape index (κ3) is 5.16. The fourth-order valence-electron chi connectivity index (χ4n) is 2.63. The van der Waals surface area contributed by atoms with Crippen LogP contribution < -0.4 is 0 Å². The molecule has 0 spiro atoms. The zero-order valence-electron chi connectivity index (χ0n) is 13.4. The zero-order chi connectivity index (χ0) is 17.1. The molecule has 0 aromatic heterocycles. The van der Waals surface area contributed by atoms with Crippen molar-refractivity contribution < 1.29 is 16.8 Å². The minimum atomic E-state index is -3.66. The van der Waals surface area contributed by atoms with Gasteiger partial charge in [0.2, 0.25) is 10.0 Å². The molecule has 128 valence electrons. The summed E-state index contributed by atoms with van der Waals surface area (Å²) in [5.74, 6) is 0.0978. The third-order valence-electron chi connectivity index (χ3n) is 3.72. The molecule has 1 aliphatic heterocycles. The topological polar surface area (TPSA) is 71.5 Å². The van der Waals surface area contributed by atoms with Crippen LogP contribution in [0.4, 0.5) is 0 Å². The number of sulfonamides is 1. The first kappa shape index (κ1) is 18.2. The van der Waals surface area contributed by atoms with E-state index in [0.29, 0.717) is 13.0 Å². The Hall–Kier alpha value is -1.18. The Kier molecular flexibility index (Phi) is 5.65. The number of nitrogens with zero attached hydrogens (tertiary/aromatic N) is 1. The molecule has 1 aromatic rings. The van der Waals surface area contributed by atoms with Crippen molar-refractivity contribution in [1.82, 2.24) is 4.31 Å². The molecule has 2 rings (SSSR count). The number of hydrogen-bond donors (Lipinski definition) is 0. The summed E-state index contributed by atoms with van der Waals surface area (Å²) in [6.45, 7) is 4.17. The Bertz CT molecular complexity index is 753. The molecular formula is C16H23NO4S2. The highest BCUT2D eigenvalue weighted by Crippen LogP contribution is 2.23. The van der Waals surface area contributed by atoms with E-state index in [0.717, 1.165) is 5.56 Å². The largest absolute Gasteiger partial charge is 0.236 e. The second-order valence-corrected chi connectivity index (χ2v) is 10.3. The van der Waals surface area contributed by atoms with E-state index in [2.05, 4.69) is 0 Å². The third-order valence-corrected chi connectivity index (χ3v) is 7.05. The highest BCUT2D eigenvalue weighted by Gasteiger charge is 2.37. The van der Waals surface area contributed by atoms with E-state index in [1.165, 1.54) is 9.71 Å². The summed E-state index contributed by atoms with van der Waals surface area (Å²) < 4.78 is 50.1. The summed E-state index contributed by atoms with van der Waals surface area (Å²) in [5.41, 5.74) is 0.791. The summed E-state index contributed by atoms with van der Waals surface area (Å²) in [6.07, 6.45) is 1.92. The monoisotopic (exact) mass is 357 g/mol. The normalized spacial score (nSPS) is 21.5. The summed E-state index contributed by atoms with van der Waals surface area (Å²) in [5, 5.41) is 1.18. The lowest BCUT2D eigenvalue weighted by atomic mass is 10.2. The number of benzene rings is 1. The minimum absolute atomic E-state index is 0.0597. The molecule has 0 bridgehead atoms. The first-order valence-electron chi connectivity index (χ1n) is 7.65. The van der Waals surface area contributed by atoms with Crippen molar-refractivity contribution in [2.45, 2.75) is 26.3 Å². The maximum atomic E-state index is 12.7. The summed E-state index contributed by atoms with van der Waals surface area (Å²) in [6, 6.07) is 8.70. The molecule has 7 heteroatoms. The van der Waals surface area contributed by atoms with Crippen molar-refractivity contribution in [2.75, 3.05) is 18.1 Å². The van der Waals surface area contributed by atoms with Gasteiger partial charge in [-0.25, -0.2) is 16.8 Å². The van der Waals surface area contributed by atoms with Crippen LogP contribution in [0.3, 0.4) is 0 Å². The van der Waals surface area contributed by atoms with Gasteiger partial charge < -0.3 is 0 Å². The van der Waals surface area contributed by atoms with Crippen LogP contribution in [0.2, 0.25) is 0 Å². The number of sulfone groups is 1. The van der Waals surface area contributed by atoms with Crippen molar-refractivity contribution in [3.63, 3.8) is 0 Å². The Balaban J connectivity index is 2.25. The lowest BCUT2D eigenvalue weighted by molar-refractivity contribution is 0.311. The zero-order valence-corrected chi connectivity index (χ0v) is 15.1. The Labute approximate surface area is 139 Å². The van der Waals surface area contributed by atoms with E-state index in [9.17, 15) is 16.8 Å². The molecule has 0 aliphatic carbocycles. The van der Waals surface area contributed by atoms with Crippen LogP contribution in [-0.4, -0.2) is 45.2 Å². The summed E-state index contributed by atoms with van der Waals surface area (Å²) in [4.78, 5) is 0. The van der Waals surface area contributed by atoms with Crippen LogP contribution in [0.15, 0.2) is 35.7 Å². The second-order valence-electron chi connectivity index (χ2n) is 6.28. The highest BCUT2D eigenvalue weighted by molar-refractivity contribution is 7.93. The number of hydrogen-bond acceptors (Lipinski definition) is 4. The van der Waals surface area contributed by atoms with E-state index in [1.807, 2.05) is 44.2 Å². The number of rotatable bonds is 6. The quantitative estimate of drug-likeness (QED) is 0.782. The SMILES string of the molecule is CC(C)CN([C@H]1CCS(=O)(=O)C1)S(=O)(=O)/C=C/c1ccccc1. The van der Waals surface area contributed by atoms with Gasteiger partial charge in [0.1, 0.15) is 0 Å². The van der Waals surface area contributed by atoms with Crippen LogP contribution >= 0.6 is 0 Å². The molecule has 1 atom stereocenters. The molecule has 1 saturated heterocycles. The van der Waals surface area contributed by atoms with Gasteiger partial charge in [-0.3, -0.25) is 0 Å². The minimum Gasteiger partial charge on any atom is -0.229 e. The van der Waals surface area contributed by atoms with E-state index < -0.39 is 25.9 Å². The summed E-state index contributed by atoms with van der Waals surface area (Å²) in [7, 11) is -6.79. The maximum absolute atomic E-state index is 12.7. The van der Waals surface area contributed by atoms with Crippen LogP contribution in [0, 0.1) is 5.92 Å². The lowest BCUT2D eigenvalue weighted by Gasteiger charge is -2.27. The van der Waals surface area contributed by atoms with Crippen molar-refractivity contribution in [3.05, 3.63) is 41.3 Å². The van der Waals surface area contributed by atoms with E-state index >= 15 is 0 Å². The fraction of sp³-hybridized carbons (Fsp3) is 0.500. The van der Waals surface area contributed by atoms with Crippen molar-refractivity contribution in [2.24, 2.45) is 5.92 Å². The van der Waals surface area contributed by atoms with Gasteiger partial charge in [0, 0.05) is 18.0 Å². The van der Waals surface area contributed by atoms with Crippen LogP contribution in [-0.2, 0) is 19.9 Å². The average molecular weight is 357 g/mol. The maximum Gasteiger partial charge on any atom is 0.236 e. The van der Waals surface area contributed by atoms with Crippen LogP contribution in [0.5, 0.6) is 0 Å². The molecule has 1 heterocycles. The molecule has 1 fully saturated rings. The van der Waals surface area contributed by atoms with E-state index in [1.54, 1.807) is 6.08 Å². The molecule has 0 unspecified atom stereocenters. The van der Waals surface area contributed by atoms with Gasteiger partial charge >= 0.3 is 0 Å². The molecule has 1 aromatic carbocycles. The molecule has 5 nitrogen and oxygen atoms in total. The predicted molar refractivity (Wildman–Crippen MR) is 93.0 cm³/mol. The van der Waals surface area contributed by atoms with E-state index in [-0.39, 0.29) is 17.4 Å². The van der Waals surface area contributed by atoms with Crippen molar-refractivity contribution in [3.8, 4) is 0 Å². The lowest BCUT2D eigenvalue weighted by Crippen LogP contribution is -2.42. The van der Waals surface area contributed by atoms with Gasteiger partial charge in [-0.2, -0.15) is 4.31 Å². The molecule has 0 N–H and O–H groups in total. The van der Waals surface area contributed by atoms with Gasteiger partial charge in [-0.1, -0.05) is 44.2 Å². The van der Waals surface area contributed by atoms with Gasteiger partial charge in [0.25, 0.3) is 0 Å². The predicted octanol–water partition coefficient (Wildman–Crippen LogP) is 2.13. The molecule has 0 radical (unpaired) electrons. The molecule has 0 amide bonds. The molecule has 0 saturated carbocycles. The van der Waals surface area contributed by atoms with Crippen LogP contribution in [0.25, 0.3) is 6.08 Å². The van der Waals surface area contributed by atoms with Crippen molar-refractivity contribution in [1.29, 1.82) is 0 Å². The fourth-order valence-corrected chi connectivity index (χ4v) is 6.04. The van der Waals surface area contributed by atoms with Gasteiger partial charge in [0.15, 0.2) is 9.84 Å².